The van der Waals surface area contributed by atoms with Crippen LogP contribution in [0.2, 0.25) is 0 Å². The molecule has 2 unspecified atom stereocenters. The molecule has 0 aliphatic carbocycles. The van der Waals surface area contributed by atoms with Crippen molar-refractivity contribution in [3.8, 4) is 0 Å². The minimum Gasteiger partial charge on any atom is -0.480 e. The Bertz CT molecular complexity index is 657. The zero-order chi connectivity index (χ0) is 13.4. The Balaban J connectivity index is 2.23. The van der Waals surface area contributed by atoms with Crippen LogP contribution in [0.1, 0.15) is 30.5 Å². The van der Waals surface area contributed by atoms with Crippen molar-refractivity contribution in [2.45, 2.75) is 31.7 Å². The molecule has 3 rings (SSSR count). The van der Waals surface area contributed by atoms with Crippen molar-refractivity contribution < 1.29 is 9.90 Å². The van der Waals surface area contributed by atoms with Crippen molar-refractivity contribution in [3.63, 3.8) is 0 Å². The fourth-order valence-electron chi connectivity index (χ4n) is 2.71. The molecule has 0 fully saturated rings. The number of nitrogens with zero attached hydrogens (tertiary/aromatic N) is 1. The van der Waals surface area contributed by atoms with Crippen LogP contribution in [0.4, 0.5) is 0 Å². The van der Waals surface area contributed by atoms with Crippen LogP contribution in [-0.2, 0) is 11.2 Å². The van der Waals surface area contributed by atoms with Crippen molar-refractivity contribution in [1.29, 1.82) is 0 Å². The molecule has 4 heteroatoms. The molecule has 2 heterocycles. The molecule has 0 amide bonds. The second kappa shape index (κ2) is 4.53. The molecule has 2 atom stereocenters. The quantitative estimate of drug-likeness (QED) is 0.867. The van der Waals surface area contributed by atoms with Crippen LogP contribution in [0.3, 0.4) is 0 Å². The highest BCUT2D eigenvalue weighted by molar-refractivity contribution is 5.98. The average molecular weight is 256 g/mol. The summed E-state index contributed by atoms with van der Waals surface area (Å²) in [5, 5.41) is 10.5. The van der Waals surface area contributed by atoms with Crippen molar-refractivity contribution >= 4 is 23.1 Å². The maximum atomic E-state index is 11.4. The third-order valence-corrected chi connectivity index (χ3v) is 3.78. The minimum absolute atomic E-state index is 0.169. The number of aromatic amines is 1. The van der Waals surface area contributed by atoms with E-state index in [9.17, 15) is 9.90 Å². The second-order valence-electron chi connectivity index (χ2n) is 4.94. The van der Waals surface area contributed by atoms with Gasteiger partial charge in [-0.05, 0) is 24.5 Å². The van der Waals surface area contributed by atoms with Gasteiger partial charge in [-0.1, -0.05) is 25.1 Å². The van der Waals surface area contributed by atoms with Crippen LogP contribution in [0.25, 0.3) is 10.9 Å². The first kappa shape index (κ1) is 12.0. The fourth-order valence-corrected chi connectivity index (χ4v) is 2.71. The van der Waals surface area contributed by atoms with E-state index in [-0.39, 0.29) is 6.04 Å². The van der Waals surface area contributed by atoms with Crippen LogP contribution >= 0.6 is 0 Å². The molecular formula is C15H16N2O2. The number of carboxylic acids is 1. The molecule has 0 radical (unpaired) electrons. The van der Waals surface area contributed by atoms with Gasteiger partial charge < -0.3 is 10.1 Å². The topological polar surface area (TPSA) is 65.5 Å². The van der Waals surface area contributed by atoms with E-state index in [0.717, 1.165) is 35.0 Å². The van der Waals surface area contributed by atoms with Crippen LogP contribution in [0.15, 0.2) is 29.3 Å². The van der Waals surface area contributed by atoms with E-state index in [0.29, 0.717) is 0 Å². The van der Waals surface area contributed by atoms with Gasteiger partial charge in [-0.3, -0.25) is 9.79 Å². The van der Waals surface area contributed by atoms with Crippen molar-refractivity contribution in [3.05, 3.63) is 35.5 Å². The Hall–Kier alpha value is -2.10. The molecule has 0 saturated carbocycles. The van der Waals surface area contributed by atoms with E-state index in [1.807, 2.05) is 24.3 Å². The maximum Gasteiger partial charge on any atom is 0.318 e. The average Bonchev–Trinajstić information content (AvgIpc) is 2.65. The number of fused-ring (bicyclic) bond motifs is 3. The number of hydrogen-bond donors (Lipinski definition) is 2. The Labute approximate surface area is 111 Å². The van der Waals surface area contributed by atoms with Crippen molar-refractivity contribution in [1.82, 2.24) is 4.98 Å². The zero-order valence-corrected chi connectivity index (χ0v) is 10.8. The third kappa shape index (κ3) is 1.93. The van der Waals surface area contributed by atoms with E-state index in [1.54, 1.807) is 6.21 Å². The van der Waals surface area contributed by atoms with Gasteiger partial charge in [-0.15, -0.1) is 0 Å². The first-order valence-corrected chi connectivity index (χ1v) is 6.56. The summed E-state index contributed by atoms with van der Waals surface area (Å²) in [7, 11) is 0. The van der Waals surface area contributed by atoms with Crippen LogP contribution in [-0.4, -0.2) is 28.3 Å². The smallest absolute Gasteiger partial charge is 0.318 e. The number of nitrogens with one attached hydrogen (secondary N) is 1. The summed E-state index contributed by atoms with van der Waals surface area (Å²) in [5.74, 6) is -1.52. The van der Waals surface area contributed by atoms with E-state index < -0.39 is 11.9 Å². The van der Waals surface area contributed by atoms with Gasteiger partial charge in [0.1, 0.15) is 5.92 Å². The van der Waals surface area contributed by atoms with Gasteiger partial charge >= 0.3 is 5.97 Å². The number of carbonyl (C=O) groups is 1. The van der Waals surface area contributed by atoms with Gasteiger partial charge in [0.2, 0.25) is 0 Å². The van der Waals surface area contributed by atoms with E-state index >= 15 is 0 Å². The number of para-hydroxylation sites is 1. The lowest BCUT2D eigenvalue weighted by atomic mass is 9.97. The summed E-state index contributed by atoms with van der Waals surface area (Å²) in [6.07, 6.45) is 3.30. The minimum atomic E-state index is -0.853. The van der Waals surface area contributed by atoms with Crippen molar-refractivity contribution in [2.75, 3.05) is 0 Å². The fraction of sp³-hybridized carbons (Fsp3) is 0.333. The summed E-state index contributed by atoms with van der Waals surface area (Å²) < 4.78 is 0. The predicted octanol–water partition coefficient (Wildman–Crippen LogP) is 2.74. The lowest BCUT2D eigenvalue weighted by molar-refractivity contribution is -0.137. The van der Waals surface area contributed by atoms with E-state index in [1.165, 1.54) is 0 Å². The molecule has 98 valence electrons. The number of hydrogen-bond acceptors (Lipinski definition) is 2. The third-order valence-electron chi connectivity index (χ3n) is 3.78. The molecule has 1 aromatic heterocycles. The number of benzene rings is 1. The number of carboxylic acid groups (broad SMARTS) is 1. The Morgan fingerprint density at radius 2 is 2.26 bits per heavy atom. The summed E-state index contributed by atoms with van der Waals surface area (Å²) in [5.41, 5.74) is 2.89. The molecular weight excluding hydrogens is 240 g/mol. The normalized spacial score (nSPS) is 22.2. The maximum absolute atomic E-state index is 11.4. The lowest BCUT2D eigenvalue weighted by Crippen LogP contribution is -2.13. The summed E-state index contributed by atoms with van der Waals surface area (Å²) in [4.78, 5) is 19.1. The molecule has 0 saturated heterocycles. The van der Waals surface area contributed by atoms with Gasteiger partial charge in [0.25, 0.3) is 0 Å². The molecule has 2 aromatic rings. The highest BCUT2D eigenvalue weighted by atomic mass is 16.4. The van der Waals surface area contributed by atoms with Gasteiger partial charge in [-0.2, -0.15) is 0 Å². The Morgan fingerprint density at radius 3 is 3.00 bits per heavy atom. The van der Waals surface area contributed by atoms with E-state index in [2.05, 4.69) is 16.9 Å². The number of aliphatic carboxylic acids is 1. The lowest BCUT2D eigenvalue weighted by Gasteiger charge is -2.07. The van der Waals surface area contributed by atoms with Crippen LogP contribution in [0.5, 0.6) is 0 Å². The number of aliphatic imine (C=N–C) groups is 1. The predicted molar refractivity (Wildman–Crippen MR) is 75.0 cm³/mol. The monoisotopic (exact) mass is 256 g/mol. The summed E-state index contributed by atoms with van der Waals surface area (Å²) in [6.45, 7) is 2.08. The highest BCUT2D eigenvalue weighted by Crippen LogP contribution is 2.31. The Morgan fingerprint density at radius 1 is 1.47 bits per heavy atom. The molecule has 1 aliphatic heterocycles. The summed E-state index contributed by atoms with van der Waals surface area (Å²) in [6, 6.07) is 8.14. The molecule has 0 spiro atoms. The molecule has 4 nitrogen and oxygen atoms in total. The number of H-pyrrole nitrogens is 1. The standard InChI is InChI=1S/C15H16N2O2/c1-2-9-7-11-10-5-3-4-6-13(10)17-14(11)12(8-16-9)15(18)19/h3-6,8-9,12,17H,2,7H2,1H3,(H,18,19). The van der Waals surface area contributed by atoms with Crippen LogP contribution < -0.4 is 0 Å². The van der Waals surface area contributed by atoms with Crippen LogP contribution in [0, 0.1) is 0 Å². The second-order valence-corrected chi connectivity index (χ2v) is 4.94. The molecule has 19 heavy (non-hydrogen) atoms. The van der Waals surface area contributed by atoms with Gasteiger partial charge in [0.05, 0.1) is 6.04 Å². The van der Waals surface area contributed by atoms with Gasteiger partial charge in [0, 0.05) is 22.8 Å². The number of aromatic nitrogens is 1. The molecule has 1 aromatic carbocycles. The first-order chi connectivity index (χ1) is 9.20. The SMILES string of the molecule is CCC1Cc2c([nH]c3ccccc23)C(C(=O)O)C=N1. The number of rotatable bonds is 2. The Kier molecular flexibility index (Phi) is 2.85. The first-order valence-electron chi connectivity index (χ1n) is 6.56. The van der Waals surface area contributed by atoms with Crippen molar-refractivity contribution in [2.24, 2.45) is 4.99 Å². The van der Waals surface area contributed by atoms with Gasteiger partial charge in [0.15, 0.2) is 0 Å². The largest absolute Gasteiger partial charge is 0.480 e. The van der Waals surface area contributed by atoms with E-state index in [4.69, 9.17) is 0 Å². The molecule has 0 bridgehead atoms. The van der Waals surface area contributed by atoms with Gasteiger partial charge in [-0.25, -0.2) is 0 Å². The summed E-state index contributed by atoms with van der Waals surface area (Å²) >= 11 is 0. The molecule has 2 N–H and O–H groups in total. The molecule has 1 aliphatic rings. The zero-order valence-electron chi connectivity index (χ0n) is 10.8. The highest BCUT2D eigenvalue weighted by Gasteiger charge is 2.28.